The van der Waals surface area contributed by atoms with Gasteiger partial charge in [0.15, 0.2) is 0 Å². The van der Waals surface area contributed by atoms with Gasteiger partial charge in [-0.25, -0.2) is 9.36 Å². The lowest BCUT2D eigenvalue weighted by Crippen LogP contribution is -2.43. The molecular weight excluding hydrogens is 356 g/mol. The van der Waals surface area contributed by atoms with Gasteiger partial charge in [-0.2, -0.15) is 0 Å². The Morgan fingerprint density at radius 2 is 2.04 bits per heavy atom. The van der Waals surface area contributed by atoms with Crippen LogP contribution in [0.15, 0.2) is 39.9 Å². The van der Waals surface area contributed by atoms with Crippen molar-refractivity contribution in [3.8, 4) is 5.69 Å². The molecule has 1 N–H and O–H groups in total. The average Bonchev–Trinajstić information content (AvgIpc) is 2.60. The van der Waals surface area contributed by atoms with Crippen LogP contribution in [-0.4, -0.2) is 22.1 Å². The highest BCUT2D eigenvalue weighted by Gasteiger charge is 2.43. The smallest absolute Gasteiger partial charge is 0.333 e. The molecule has 0 saturated carbocycles. The quantitative estimate of drug-likeness (QED) is 0.837. The molecule has 0 bridgehead atoms. The topological polar surface area (TPSA) is 81.2 Å². The van der Waals surface area contributed by atoms with E-state index in [1.165, 1.54) is 0 Å². The fourth-order valence-corrected chi connectivity index (χ4v) is 3.42. The summed E-state index contributed by atoms with van der Waals surface area (Å²) in [4.78, 5) is 40.8. The normalized spacial score (nSPS) is 21.3. The predicted molar refractivity (Wildman–Crippen MR) is 99.9 cm³/mol. The van der Waals surface area contributed by atoms with Gasteiger partial charge in [0.25, 0.3) is 5.56 Å². The summed E-state index contributed by atoms with van der Waals surface area (Å²) in [6.45, 7) is 5.47. The number of H-pyrrole nitrogens is 1. The third-order valence-corrected chi connectivity index (χ3v) is 5.23. The molecule has 0 radical (unpaired) electrons. The summed E-state index contributed by atoms with van der Waals surface area (Å²) in [7, 11) is 0. The minimum atomic E-state index is -1.00. The maximum atomic E-state index is 13.2. The third kappa shape index (κ3) is 2.70. The highest BCUT2D eigenvalue weighted by atomic mass is 35.5. The van der Waals surface area contributed by atoms with Crippen molar-refractivity contribution in [3.63, 3.8) is 0 Å². The van der Waals surface area contributed by atoms with E-state index < -0.39 is 28.6 Å². The van der Waals surface area contributed by atoms with Crippen LogP contribution in [0.3, 0.4) is 0 Å². The second kappa shape index (κ2) is 6.61. The van der Waals surface area contributed by atoms with Gasteiger partial charge >= 0.3 is 11.7 Å². The Morgan fingerprint density at radius 1 is 1.35 bits per heavy atom. The number of ether oxygens (including phenoxy) is 1. The molecule has 26 heavy (non-hydrogen) atoms. The summed E-state index contributed by atoms with van der Waals surface area (Å²) in [5.74, 6) is -0.899. The summed E-state index contributed by atoms with van der Waals surface area (Å²) >= 11 is 6.17. The number of nitrogens with zero attached hydrogens (tertiary/aromatic N) is 1. The molecular formula is C19H19ClN2O4. The molecule has 0 amide bonds. The lowest BCUT2D eigenvalue weighted by molar-refractivity contribution is -0.152. The van der Waals surface area contributed by atoms with Gasteiger partial charge in [0.1, 0.15) is 0 Å². The number of esters is 1. The first kappa shape index (κ1) is 18.2. The molecule has 2 atom stereocenters. The van der Waals surface area contributed by atoms with Gasteiger partial charge in [0.2, 0.25) is 0 Å². The second-order valence-corrected chi connectivity index (χ2v) is 6.81. The molecule has 1 aliphatic rings. The molecule has 1 aromatic heterocycles. The lowest BCUT2D eigenvalue weighted by atomic mass is 9.71. The Balaban J connectivity index is 2.24. The number of aromatic nitrogens is 2. The van der Waals surface area contributed by atoms with E-state index >= 15 is 0 Å². The molecule has 7 heteroatoms. The van der Waals surface area contributed by atoms with Gasteiger partial charge < -0.3 is 9.72 Å². The van der Waals surface area contributed by atoms with Crippen LogP contribution >= 0.6 is 11.6 Å². The third-order valence-electron chi connectivity index (χ3n) is 4.91. The van der Waals surface area contributed by atoms with Gasteiger partial charge in [-0.1, -0.05) is 36.7 Å². The molecule has 1 aromatic carbocycles. The van der Waals surface area contributed by atoms with Gasteiger partial charge in [-0.3, -0.25) is 9.59 Å². The Bertz CT molecular complexity index is 1020. The molecule has 1 aliphatic carbocycles. The molecule has 0 spiro atoms. The van der Waals surface area contributed by atoms with Gasteiger partial charge in [-0.15, -0.1) is 0 Å². The number of hydrogen-bond acceptors (Lipinski definition) is 4. The van der Waals surface area contributed by atoms with E-state index in [-0.39, 0.29) is 11.6 Å². The van der Waals surface area contributed by atoms with Crippen LogP contribution in [0.4, 0.5) is 0 Å². The van der Waals surface area contributed by atoms with Crippen LogP contribution in [0.25, 0.3) is 11.8 Å². The van der Waals surface area contributed by atoms with Crippen LogP contribution < -0.4 is 11.2 Å². The number of benzene rings is 1. The van der Waals surface area contributed by atoms with E-state index in [2.05, 4.69) is 4.98 Å². The highest BCUT2D eigenvalue weighted by molar-refractivity contribution is 6.32. The first-order valence-electron chi connectivity index (χ1n) is 8.31. The summed E-state index contributed by atoms with van der Waals surface area (Å²) in [5.41, 5.74) is -1.04. The van der Waals surface area contributed by atoms with Crippen molar-refractivity contribution in [2.24, 2.45) is 5.41 Å². The maximum absolute atomic E-state index is 13.2. The van der Waals surface area contributed by atoms with Crippen LogP contribution in [0, 0.1) is 5.41 Å². The Morgan fingerprint density at radius 3 is 2.69 bits per heavy atom. The monoisotopic (exact) mass is 374 g/mol. The summed E-state index contributed by atoms with van der Waals surface area (Å²) < 4.78 is 6.18. The fraction of sp³-hybridized carbons (Fsp3) is 0.316. The molecule has 0 aliphatic heterocycles. The van der Waals surface area contributed by atoms with Crippen LogP contribution in [0.1, 0.15) is 37.9 Å². The fourth-order valence-electron chi connectivity index (χ4n) is 3.20. The minimum absolute atomic E-state index is 0.247. The number of fused-ring (bicyclic) bond motifs is 1. The number of nitrogens with one attached hydrogen (secondary N) is 1. The van der Waals surface area contributed by atoms with Crippen molar-refractivity contribution in [2.75, 3.05) is 6.61 Å². The molecule has 1 heterocycles. The molecule has 0 fully saturated rings. The Kier molecular flexibility index (Phi) is 4.63. The van der Waals surface area contributed by atoms with Crippen LogP contribution in [0.5, 0.6) is 0 Å². The van der Waals surface area contributed by atoms with Crippen LogP contribution in [0.2, 0.25) is 5.02 Å². The zero-order valence-electron chi connectivity index (χ0n) is 14.7. The van der Waals surface area contributed by atoms with Crippen molar-refractivity contribution in [1.29, 1.82) is 0 Å². The molecule has 2 aromatic rings. The zero-order valence-corrected chi connectivity index (χ0v) is 15.5. The van der Waals surface area contributed by atoms with E-state index in [0.717, 1.165) is 4.57 Å². The predicted octanol–water partition coefficient (Wildman–Crippen LogP) is 2.88. The van der Waals surface area contributed by atoms with E-state index in [1.807, 2.05) is 0 Å². The summed E-state index contributed by atoms with van der Waals surface area (Å²) in [6, 6.07) is 6.61. The number of halogens is 1. The molecule has 6 nitrogen and oxygen atoms in total. The largest absolute Gasteiger partial charge is 0.465 e. The van der Waals surface area contributed by atoms with Crippen LogP contribution in [-0.2, 0) is 9.53 Å². The first-order valence-corrected chi connectivity index (χ1v) is 8.69. The maximum Gasteiger partial charge on any atom is 0.333 e. The molecule has 0 saturated heterocycles. The van der Waals surface area contributed by atoms with Crippen molar-refractivity contribution < 1.29 is 9.53 Å². The number of carbonyl (C=O) groups excluding carboxylic acids is 1. The number of rotatable bonds is 3. The minimum Gasteiger partial charge on any atom is -0.465 e. The van der Waals surface area contributed by atoms with Gasteiger partial charge in [0, 0.05) is 11.5 Å². The van der Waals surface area contributed by atoms with E-state index in [9.17, 15) is 14.4 Å². The number of carbonyl (C=O) groups is 1. The second-order valence-electron chi connectivity index (χ2n) is 6.41. The van der Waals surface area contributed by atoms with Crippen molar-refractivity contribution >= 4 is 23.6 Å². The summed E-state index contributed by atoms with van der Waals surface area (Å²) in [5, 5.41) is 0.284. The SMILES string of the molecule is CCOC(=O)C1(C)C=Cc2[nH]c(=O)n(-c3ccccc3Cl)c(=O)c2C1C. The number of hydrogen-bond donors (Lipinski definition) is 1. The molecule has 136 valence electrons. The van der Waals surface area contributed by atoms with E-state index in [4.69, 9.17) is 16.3 Å². The zero-order chi connectivity index (χ0) is 19.1. The molecule has 3 rings (SSSR count). The first-order chi connectivity index (χ1) is 12.3. The van der Waals surface area contributed by atoms with Crippen molar-refractivity contribution in [3.05, 3.63) is 67.5 Å². The number of aromatic amines is 1. The van der Waals surface area contributed by atoms with Gasteiger partial charge in [0.05, 0.1) is 28.4 Å². The van der Waals surface area contributed by atoms with Gasteiger partial charge in [-0.05, 0) is 32.1 Å². The lowest BCUT2D eigenvalue weighted by Gasteiger charge is -2.34. The average molecular weight is 375 g/mol. The molecule has 2 unspecified atom stereocenters. The number of para-hydroxylation sites is 1. The Labute approximate surface area is 155 Å². The summed E-state index contributed by atoms with van der Waals surface area (Å²) in [6.07, 6.45) is 3.26. The van der Waals surface area contributed by atoms with Crippen molar-refractivity contribution in [1.82, 2.24) is 9.55 Å². The standard InChI is InChI=1S/C19H19ClN2O4/c1-4-26-17(24)19(3)10-9-13-15(11(19)2)16(23)22(18(25)21-13)14-8-6-5-7-12(14)20/h5-11H,4H2,1-3H3,(H,21,25). The van der Waals surface area contributed by atoms with E-state index in [1.54, 1.807) is 57.2 Å². The van der Waals surface area contributed by atoms with E-state index in [0.29, 0.717) is 16.9 Å². The Hall–Kier alpha value is -2.60. The highest BCUT2D eigenvalue weighted by Crippen LogP contribution is 2.41. The van der Waals surface area contributed by atoms with Crippen molar-refractivity contribution in [2.45, 2.75) is 26.7 Å².